The third kappa shape index (κ3) is 2.99. The number of carbonyl (C=O) groups excluding carboxylic acids is 1. The third-order valence-corrected chi connectivity index (χ3v) is 6.16. The number of hydrogen-bond donors (Lipinski definition) is 1. The van der Waals surface area contributed by atoms with Gasteiger partial charge in [0.25, 0.3) is 0 Å². The summed E-state index contributed by atoms with van der Waals surface area (Å²) in [6, 6.07) is 0.565. The average Bonchev–Trinajstić information content (AvgIpc) is 3.18. The average molecular weight is 292 g/mol. The topological polar surface area (TPSA) is 32.3 Å². The number of nitrogens with zero attached hydrogens (tertiary/aromatic N) is 1. The van der Waals surface area contributed by atoms with Crippen LogP contribution in [0.15, 0.2) is 0 Å². The van der Waals surface area contributed by atoms with E-state index in [0.29, 0.717) is 11.9 Å². The molecule has 0 radical (unpaired) electrons. The largest absolute Gasteiger partial charge is 0.339 e. The van der Waals surface area contributed by atoms with E-state index in [2.05, 4.69) is 17.1 Å². The van der Waals surface area contributed by atoms with Gasteiger partial charge in [-0.1, -0.05) is 26.2 Å². The van der Waals surface area contributed by atoms with E-state index in [0.717, 1.165) is 51.2 Å². The molecule has 3 fully saturated rings. The number of likely N-dealkylation sites (tertiary alicyclic amines) is 1. The fourth-order valence-corrected chi connectivity index (χ4v) is 5.13. The highest BCUT2D eigenvalue weighted by molar-refractivity contribution is 5.83. The van der Waals surface area contributed by atoms with Crippen LogP contribution < -0.4 is 5.32 Å². The van der Waals surface area contributed by atoms with Crippen LogP contribution in [-0.4, -0.2) is 36.5 Å². The van der Waals surface area contributed by atoms with E-state index in [4.69, 9.17) is 0 Å². The highest BCUT2D eigenvalue weighted by Crippen LogP contribution is 2.40. The lowest BCUT2D eigenvalue weighted by Crippen LogP contribution is -2.54. The monoisotopic (exact) mass is 292 g/mol. The van der Waals surface area contributed by atoms with Crippen molar-refractivity contribution in [3.63, 3.8) is 0 Å². The first-order valence-corrected chi connectivity index (χ1v) is 9.29. The second kappa shape index (κ2) is 6.68. The summed E-state index contributed by atoms with van der Waals surface area (Å²) in [5, 5.41) is 3.50. The van der Waals surface area contributed by atoms with Gasteiger partial charge in [-0.15, -0.1) is 0 Å². The van der Waals surface area contributed by atoms with Crippen molar-refractivity contribution in [2.75, 3.05) is 19.6 Å². The van der Waals surface area contributed by atoms with E-state index in [-0.39, 0.29) is 5.41 Å². The SMILES string of the molecule is CCCC1(C(=O)N2CCCC2C2CCCC2)CCCNC1. The van der Waals surface area contributed by atoms with Crippen LogP contribution in [0.3, 0.4) is 0 Å². The molecule has 1 amide bonds. The second-order valence-electron chi connectivity index (χ2n) is 7.56. The summed E-state index contributed by atoms with van der Waals surface area (Å²) in [6.07, 6.45) is 12.4. The van der Waals surface area contributed by atoms with Gasteiger partial charge in [0, 0.05) is 19.1 Å². The van der Waals surface area contributed by atoms with Gasteiger partial charge in [-0.2, -0.15) is 0 Å². The van der Waals surface area contributed by atoms with Crippen molar-refractivity contribution in [1.29, 1.82) is 0 Å². The predicted molar refractivity (Wildman–Crippen MR) is 86.1 cm³/mol. The van der Waals surface area contributed by atoms with Gasteiger partial charge in [-0.05, 0) is 57.4 Å². The highest BCUT2D eigenvalue weighted by atomic mass is 16.2. The molecular weight excluding hydrogens is 260 g/mol. The Morgan fingerprint density at radius 3 is 2.67 bits per heavy atom. The van der Waals surface area contributed by atoms with Crippen LogP contribution in [-0.2, 0) is 4.79 Å². The molecule has 0 aromatic heterocycles. The fourth-order valence-electron chi connectivity index (χ4n) is 5.13. The Balaban J connectivity index is 1.74. The molecule has 2 unspecified atom stereocenters. The van der Waals surface area contributed by atoms with Crippen LogP contribution in [0.1, 0.15) is 71.1 Å². The number of hydrogen-bond acceptors (Lipinski definition) is 2. The predicted octanol–water partition coefficient (Wildman–Crippen LogP) is 3.34. The third-order valence-electron chi connectivity index (χ3n) is 6.16. The molecule has 2 heterocycles. The molecule has 1 aliphatic carbocycles. The Bertz CT molecular complexity index is 351. The van der Waals surface area contributed by atoms with Crippen molar-refractivity contribution in [1.82, 2.24) is 10.2 Å². The smallest absolute Gasteiger partial charge is 0.230 e. The maximum Gasteiger partial charge on any atom is 0.230 e. The van der Waals surface area contributed by atoms with Gasteiger partial charge in [-0.3, -0.25) is 4.79 Å². The fraction of sp³-hybridized carbons (Fsp3) is 0.944. The molecule has 3 aliphatic rings. The molecule has 120 valence electrons. The number of amides is 1. The van der Waals surface area contributed by atoms with Gasteiger partial charge >= 0.3 is 0 Å². The molecule has 3 heteroatoms. The number of piperidine rings is 1. The van der Waals surface area contributed by atoms with Gasteiger partial charge in [0.15, 0.2) is 0 Å². The van der Waals surface area contributed by atoms with Crippen LogP contribution in [0.25, 0.3) is 0 Å². The summed E-state index contributed by atoms with van der Waals surface area (Å²) in [7, 11) is 0. The minimum Gasteiger partial charge on any atom is -0.339 e. The highest BCUT2D eigenvalue weighted by Gasteiger charge is 2.45. The van der Waals surface area contributed by atoms with E-state index >= 15 is 0 Å². The van der Waals surface area contributed by atoms with Crippen LogP contribution in [0.5, 0.6) is 0 Å². The number of carbonyl (C=O) groups is 1. The Kier molecular flexibility index (Phi) is 4.88. The molecule has 0 bridgehead atoms. The molecular formula is C18H32N2O. The van der Waals surface area contributed by atoms with Crippen LogP contribution >= 0.6 is 0 Å². The maximum absolute atomic E-state index is 13.4. The first-order chi connectivity index (χ1) is 10.3. The van der Waals surface area contributed by atoms with Crippen LogP contribution in [0.2, 0.25) is 0 Å². The molecule has 21 heavy (non-hydrogen) atoms. The van der Waals surface area contributed by atoms with Crippen molar-refractivity contribution < 1.29 is 4.79 Å². The lowest BCUT2D eigenvalue weighted by molar-refractivity contribution is -0.145. The molecule has 1 N–H and O–H groups in total. The maximum atomic E-state index is 13.4. The Morgan fingerprint density at radius 2 is 2.00 bits per heavy atom. The zero-order chi connectivity index (χ0) is 14.7. The van der Waals surface area contributed by atoms with E-state index in [1.165, 1.54) is 38.5 Å². The number of nitrogens with one attached hydrogen (secondary N) is 1. The van der Waals surface area contributed by atoms with E-state index in [1.807, 2.05) is 0 Å². The molecule has 3 nitrogen and oxygen atoms in total. The molecule has 2 atom stereocenters. The standard InChI is InChI=1S/C18H32N2O/c1-2-10-18(11-6-12-19-14-18)17(21)20-13-5-9-16(20)15-7-3-4-8-15/h15-16,19H,2-14H2,1H3. The lowest BCUT2D eigenvalue weighted by atomic mass is 9.75. The Hall–Kier alpha value is -0.570. The zero-order valence-corrected chi connectivity index (χ0v) is 13.7. The van der Waals surface area contributed by atoms with Crippen molar-refractivity contribution in [3.05, 3.63) is 0 Å². The molecule has 2 aliphatic heterocycles. The van der Waals surface area contributed by atoms with Gasteiger partial charge in [0.05, 0.1) is 5.41 Å². The number of rotatable bonds is 4. The first-order valence-electron chi connectivity index (χ1n) is 9.29. The minimum absolute atomic E-state index is 0.0891. The zero-order valence-electron chi connectivity index (χ0n) is 13.7. The molecule has 0 aromatic carbocycles. The summed E-state index contributed by atoms with van der Waals surface area (Å²) < 4.78 is 0. The summed E-state index contributed by atoms with van der Waals surface area (Å²) in [5.74, 6) is 1.29. The minimum atomic E-state index is -0.0891. The molecule has 0 spiro atoms. The van der Waals surface area contributed by atoms with E-state index in [1.54, 1.807) is 0 Å². The van der Waals surface area contributed by atoms with Gasteiger partial charge in [0.1, 0.15) is 0 Å². The summed E-state index contributed by atoms with van der Waals surface area (Å²) in [5.41, 5.74) is -0.0891. The van der Waals surface area contributed by atoms with Gasteiger partial charge in [0.2, 0.25) is 5.91 Å². The first kappa shape index (κ1) is 15.3. The van der Waals surface area contributed by atoms with Crippen molar-refractivity contribution in [2.45, 2.75) is 77.2 Å². The summed E-state index contributed by atoms with van der Waals surface area (Å²) >= 11 is 0. The van der Waals surface area contributed by atoms with Crippen molar-refractivity contribution in [3.8, 4) is 0 Å². The van der Waals surface area contributed by atoms with Gasteiger partial charge in [-0.25, -0.2) is 0 Å². The second-order valence-corrected chi connectivity index (χ2v) is 7.56. The molecule has 3 rings (SSSR count). The van der Waals surface area contributed by atoms with Crippen molar-refractivity contribution in [2.24, 2.45) is 11.3 Å². The van der Waals surface area contributed by atoms with Gasteiger partial charge < -0.3 is 10.2 Å². The van der Waals surface area contributed by atoms with E-state index < -0.39 is 0 Å². The Labute approximate surface area is 129 Å². The lowest BCUT2D eigenvalue weighted by Gasteiger charge is -2.42. The molecule has 1 saturated carbocycles. The Morgan fingerprint density at radius 1 is 1.19 bits per heavy atom. The quantitative estimate of drug-likeness (QED) is 0.862. The van der Waals surface area contributed by atoms with E-state index in [9.17, 15) is 4.79 Å². The summed E-state index contributed by atoms with van der Waals surface area (Å²) in [4.78, 5) is 15.7. The normalized spacial score (nSPS) is 34.5. The van der Waals surface area contributed by atoms with Crippen LogP contribution in [0.4, 0.5) is 0 Å². The molecule has 0 aromatic rings. The van der Waals surface area contributed by atoms with Crippen LogP contribution in [0, 0.1) is 11.3 Å². The summed E-state index contributed by atoms with van der Waals surface area (Å²) in [6.45, 7) is 5.24. The molecule has 2 saturated heterocycles. The van der Waals surface area contributed by atoms with Crippen molar-refractivity contribution >= 4 is 5.91 Å².